The molecular formula is C12H16N2O2. The van der Waals surface area contributed by atoms with Crippen molar-refractivity contribution in [2.75, 3.05) is 19.8 Å². The van der Waals surface area contributed by atoms with Crippen molar-refractivity contribution < 1.29 is 9.53 Å². The van der Waals surface area contributed by atoms with Gasteiger partial charge in [-0.1, -0.05) is 30.3 Å². The average molecular weight is 220 g/mol. The Morgan fingerprint density at radius 3 is 2.88 bits per heavy atom. The van der Waals surface area contributed by atoms with Crippen LogP contribution in [0.25, 0.3) is 0 Å². The number of carbonyl (C=O) groups is 1. The van der Waals surface area contributed by atoms with Crippen LogP contribution in [0, 0.1) is 0 Å². The second kappa shape index (κ2) is 4.99. The van der Waals surface area contributed by atoms with Crippen LogP contribution in [-0.4, -0.2) is 36.7 Å². The highest BCUT2D eigenvalue weighted by Crippen LogP contribution is 2.12. The third-order valence-corrected chi connectivity index (χ3v) is 2.82. The summed E-state index contributed by atoms with van der Waals surface area (Å²) in [5.74, 6) is 0. The molecule has 1 aromatic carbocycles. The predicted octanol–water partition coefficient (Wildman–Crippen LogP) is 1.01. The lowest BCUT2D eigenvalue weighted by Gasteiger charge is -2.34. The molecule has 2 N–H and O–H groups in total. The third kappa shape index (κ3) is 2.52. The number of hydrogen-bond acceptors (Lipinski definition) is 2. The SMILES string of the molecule is NC(=O)N1CCOC[C@@H]1Cc1ccccc1. The molecule has 1 aromatic rings. The van der Waals surface area contributed by atoms with Gasteiger partial charge in [-0.25, -0.2) is 4.79 Å². The maximum absolute atomic E-state index is 11.2. The predicted molar refractivity (Wildman–Crippen MR) is 61.0 cm³/mol. The van der Waals surface area contributed by atoms with Crippen LogP contribution in [0.15, 0.2) is 30.3 Å². The summed E-state index contributed by atoms with van der Waals surface area (Å²) in [6.45, 7) is 1.74. The van der Waals surface area contributed by atoms with E-state index in [-0.39, 0.29) is 12.1 Å². The molecule has 2 amide bonds. The zero-order valence-electron chi connectivity index (χ0n) is 9.13. The van der Waals surface area contributed by atoms with Gasteiger partial charge < -0.3 is 15.4 Å². The molecule has 4 heteroatoms. The van der Waals surface area contributed by atoms with Gasteiger partial charge in [0, 0.05) is 6.54 Å². The van der Waals surface area contributed by atoms with Crippen molar-refractivity contribution in [1.82, 2.24) is 4.90 Å². The van der Waals surface area contributed by atoms with Gasteiger partial charge in [0.15, 0.2) is 0 Å². The fourth-order valence-corrected chi connectivity index (χ4v) is 2.00. The van der Waals surface area contributed by atoms with Crippen molar-refractivity contribution in [3.63, 3.8) is 0 Å². The molecule has 0 unspecified atom stereocenters. The minimum Gasteiger partial charge on any atom is -0.377 e. The Morgan fingerprint density at radius 1 is 1.44 bits per heavy atom. The van der Waals surface area contributed by atoms with Gasteiger partial charge >= 0.3 is 6.03 Å². The number of morpholine rings is 1. The van der Waals surface area contributed by atoms with Gasteiger partial charge in [-0.2, -0.15) is 0 Å². The minimum absolute atomic E-state index is 0.0636. The summed E-state index contributed by atoms with van der Waals surface area (Å²) in [4.78, 5) is 12.9. The van der Waals surface area contributed by atoms with E-state index in [9.17, 15) is 4.79 Å². The summed E-state index contributed by atoms with van der Waals surface area (Å²) in [7, 11) is 0. The van der Waals surface area contributed by atoms with E-state index in [2.05, 4.69) is 0 Å². The molecule has 2 rings (SSSR count). The monoisotopic (exact) mass is 220 g/mol. The van der Waals surface area contributed by atoms with Crippen molar-refractivity contribution in [3.8, 4) is 0 Å². The molecule has 0 saturated carbocycles. The molecule has 1 fully saturated rings. The largest absolute Gasteiger partial charge is 0.377 e. The minimum atomic E-state index is -0.357. The number of ether oxygens (including phenoxy) is 1. The number of primary amides is 1. The average Bonchev–Trinajstić information content (AvgIpc) is 2.31. The van der Waals surface area contributed by atoms with Crippen LogP contribution in [0.2, 0.25) is 0 Å². The van der Waals surface area contributed by atoms with Crippen LogP contribution < -0.4 is 5.73 Å². The van der Waals surface area contributed by atoms with Crippen LogP contribution in [-0.2, 0) is 11.2 Å². The van der Waals surface area contributed by atoms with Gasteiger partial charge in [0.25, 0.3) is 0 Å². The lowest BCUT2D eigenvalue weighted by molar-refractivity contribution is 0.0147. The van der Waals surface area contributed by atoms with Gasteiger partial charge in [0.1, 0.15) is 0 Å². The van der Waals surface area contributed by atoms with Gasteiger partial charge in [0.2, 0.25) is 0 Å². The van der Waals surface area contributed by atoms with E-state index < -0.39 is 0 Å². The molecule has 0 aromatic heterocycles. The van der Waals surface area contributed by atoms with Crippen molar-refractivity contribution in [2.24, 2.45) is 5.73 Å². The number of rotatable bonds is 2. The van der Waals surface area contributed by atoms with Gasteiger partial charge in [0.05, 0.1) is 19.3 Å². The molecule has 0 radical (unpaired) electrons. The first-order valence-corrected chi connectivity index (χ1v) is 5.45. The maximum atomic E-state index is 11.2. The van der Waals surface area contributed by atoms with Gasteiger partial charge in [-0.05, 0) is 12.0 Å². The van der Waals surface area contributed by atoms with Crippen molar-refractivity contribution in [2.45, 2.75) is 12.5 Å². The quantitative estimate of drug-likeness (QED) is 0.808. The lowest BCUT2D eigenvalue weighted by atomic mass is 10.0. The summed E-state index contributed by atoms with van der Waals surface area (Å²) < 4.78 is 5.39. The molecule has 16 heavy (non-hydrogen) atoms. The smallest absolute Gasteiger partial charge is 0.315 e. The molecular weight excluding hydrogens is 204 g/mol. The van der Waals surface area contributed by atoms with Gasteiger partial charge in [-0.3, -0.25) is 0 Å². The number of nitrogens with zero attached hydrogens (tertiary/aromatic N) is 1. The molecule has 4 nitrogen and oxygen atoms in total. The molecule has 86 valence electrons. The Hall–Kier alpha value is -1.55. The molecule has 1 aliphatic rings. The van der Waals surface area contributed by atoms with Crippen LogP contribution in [0.4, 0.5) is 4.79 Å². The first-order chi connectivity index (χ1) is 7.77. The Bertz CT molecular complexity index is 353. The maximum Gasteiger partial charge on any atom is 0.315 e. The highest BCUT2D eigenvalue weighted by atomic mass is 16.5. The summed E-state index contributed by atoms with van der Waals surface area (Å²) in [5, 5.41) is 0. The molecule has 1 heterocycles. The normalized spacial score (nSPS) is 20.8. The van der Waals surface area contributed by atoms with Crippen LogP contribution >= 0.6 is 0 Å². The number of hydrogen-bond donors (Lipinski definition) is 1. The zero-order valence-corrected chi connectivity index (χ0v) is 9.13. The number of urea groups is 1. The zero-order chi connectivity index (χ0) is 11.4. The summed E-state index contributed by atoms with van der Waals surface area (Å²) in [6.07, 6.45) is 0.795. The molecule has 0 spiro atoms. The number of nitrogens with two attached hydrogens (primary N) is 1. The third-order valence-electron chi connectivity index (χ3n) is 2.82. The highest BCUT2D eigenvalue weighted by molar-refractivity contribution is 5.72. The van der Waals surface area contributed by atoms with Gasteiger partial charge in [-0.15, -0.1) is 0 Å². The van der Waals surface area contributed by atoms with Crippen LogP contribution in [0.3, 0.4) is 0 Å². The van der Waals surface area contributed by atoms with E-state index in [4.69, 9.17) is 10.5 Å². The van der Waals surface area contributed by atoms with Crippen molar-refractivity contribution in [3.05, 3.63) is 35.9 Å². The summed E-state index contributed by atoms with van der Waals surface area (Å²) >= 11 is 0. The first-order valence-electron chi connectivity index (χ1n) is 5.45. The van der Waals surface area contributed by atoms with E-state index in [1.165, 1.54) is 5.56 Å². The lowest BCUT2D eigenvalue weighted by Crippen LogP contribution is -2.51. The summed E-state index contributed by atoms with van der Waals surface area (Å²) in [5.41, 5.74) is 6.54. The molecule has 1 atom stereocenters. The standard InChI is InChI=1S/C12H16N2O2/c13-12(15)14-6-7-16-9-11(14)8-10-4-2-1-3-5-10/h1-5,11H,6-9H2,(H2,13,15)/t11-/m0/s1. The molecule has 1 saturated heterocycles. The van der Waals surface area contributed by atoms with E-state index >= 15 is 0 Å². The second-order valence-electron chi connectivity index (χ2n) is 3.95. The van der Waals surface area contributed by atoms with E-state index in [0.717, 1.165) is 6.42 Å². The van der Waals surface area contributed by atoms with Crippen LogP contribution in [0.1, 0.15) is 5.56 Å². The fraction of sp³-hybridized carbons (Fsp3) is 0.417. The Morgan fingerprint density at radius 2 is 2.19 bits per heavy atom. The topological polar surface area (TPSA) is 55.6 Å². The molecule has 0 bridgehead atoms. The fourth-order valence-electron chi connectivity index (χ4n) is 2.00. The van der Waals surface area contributed by atoms with Crippen molar-refractivity contribution in [1.29, 1.82) is 0 Å². The Labute approximate surface area is 95.0 Å². The molecule has 1 aliphatic heterocycles. The Kier molecular flexibility index (Phi) is 3.41. The van der Waals surface area contributed by atoms with Crippen molar-refractivity contribution >= 4 is 6.03 Å². The summed E-state index contributed by atoms with van der Waals surface area (Å²) in [6, 6.07) is 9.77. The first kappa shape index (κ1) is 11.0. The van der Waals surface area contributed by atoms with E-state index in [1.54, 1.807) is 4.90 Å². The molecule has 0 aliphatic carbocycles. The number of amides is 2. The highest BCUT2D eigenvalue weighted by Gasteiger charge is 2.25. The second-order valence-corrected chi connectivity index (χ2v) is 3.95. The number of carbonyl (C=O) groups excluding carboxylic acids is 1. The Balaban J connectivity index is 2.04. The van der Waals surface area contributed by atoms with E-state index in [1.807, 2.05) is 30.3 Å². The van der Waals surface area contributed by atoms with Crippen LogP contribution in [0.5, 0.6) is 0 Å². The van der Waals surface area contributed by atoms with E-state index in [0.29, 0.717) is 19.8 Å². The number of benzene rings is 1.